The third kappa shape index (κ3) is 20.7. The number of hydrogen-bond acceptors (Lipinski definition) is 8. The number of fused-ring (bicyclic) bond motifs is 16. The minimum absolute atomic E-state index is 0.0474. The fraction of sp³-hybridized carbons (Fsp3) is 0.224. The van der Waals surface area contributed by atoms with Crippen molar-refractivity contribution in [3.63, 3.8) is 0 Å². The zero-order valence-corrected chi connectivity index (χ0v) is 76.9. The van der Waals surface area contributed by atoms with Crippen molar-refractivity contribution in [1.29, 1.82) is 0 Å². The summed E-state index contributed by atoms with van der Waals surface area (Å²) >= 11 is 0. The van der Waals surface area contributed by atoms with Crippen molar-refractivity contribution in [2.45, 2.75) is 157 Å². The zero-order valence-electron chi connectivity index (χ0n) is 75.3. The van der Waals surface area contributed by atoms with Crippen LogP contribution in [0.15, 0.2) is 243 Å². The number of nitrogens with one attached hydrogen (secondary N) is 6. The number of aromatic nitrogens is 8. The summed E-state index contributed by atoms with van der Waals surface area (Å²) in [6.45, 7) is 12.7. The van der Waals surface area contributed by atoms with E-state index in [0.717, 1.165) is 229 Å². The molecule has 0 saturated heterocycles. The van der Waals surface area contributed by atoms with E-state index in [2.05, 4.69) is 339 Å². The normalized spacial score (nSPS) is 12.1. The molecule has 10 heterocycles. The maximum absolute atomic E-state index is 13.5. The SMILES string of the molecule is Cc1ccc(-c2c3nc(c(-c4ccc(C)cc4)c4ccc([nH]4)c(-c4ccc(NC(=O)CCCCCCCCCCSSCCCCCCCCCCC(=O)Nc5ccc(-c6c7nc(c(-c8ccc(C)cc8)c8ccc([nH]8)c(-c8ccc(C)cc8)c8nc(c(-c9ccc(C)cc9)c9ccc6[nH]9)C=C8)C=C7)cc5)cc4)c4nc(c(-c5ccc(C)cc5)c5ccc2[nH]5)C=C4)C=C3)cc1. The van der Waals surface area contributed by atoms with Gasteiger partial charge in [-0.2, -0.15) is 0 Å². The number of benzene rings is 8. The summed E-state index contributed by atoms with van der Waals surface area (Å²) in [6.07, 6.45) is 36.9. The molecule has 0 radical (unpaired) electrons. The topological polar surface area (TPSA) is 173 Å². The summed E-state index contributed by atoms with van der Waals surface area (Å²) in [4.78, 5) is 64.5. The molecule has 0 aliphatic carbocycles. The minimum Gasteiger partial charge on any atom is -0.354 e. The van der Waals surface area contributed by atoms with Crippen molar-refractivity contribution >= 4 is 138 Å². The van der Waals surface area contributed by atoms with E-state index in [1.807, 2.05) is 45.9 Å². The second-order valence-electron chi connectivity index (χ2n) is 35.3. The number of anilines is 2. The van der Waals surface area contributed by atoms with Crippen LogP contribution < -0.4 is 10.6 Å². The summed E-state index contributed by atoms with van der Waals surface area (Å²) in [5.41, 5.74) is 39.5. The van der Waals surface area contributed by atoms with E-state index in [4.69, 9.17) is 19.9 Å². The van der Waals surface area contributed by atoms with E-state index in [1.54, 1.807) is 0 Å². The molecule has 130 heavy (non-hydrogen) atoms. The molecule has 2 amide bonds. The van der Waals surface area contributed by atoms with Crippen LogP contribution in [0.2, 0.25) is 0 Å². The van der Waals surface area contributed by atoms with Gasteiger partial charge in [0.2, 0.25) is 11.8 Å². The lowest BCUT2D eigenvalue weighted by molar-refractivity contribution is -0.117. The van der Waals surface area contributed by atoms with Crippen molar-refractivity contribution in [3.8, 4) is 89.0 Å². The molecule has 6 aromatic heterocycles. The van der Waals surface area contributed by atoms with Crippen LogP contribution in [-0.2, 0) is 9.59 Å². The Balaban J connectivity index is 0.422. The Morgan fingerprint density at radius 3 is 0.562 bits per heavy atom. The summed E-state index contributed by atoms with van der Waals surface area (Å²) < 4.78 is 0. The van der Waals surface area contributed by atoms with Gasteiger partial charge in [0.15, 0.2) is 0 Å². The van der Waals surface area contributed by atoms with Crippen molar-refractivity contribution < 1.29 is 9.59 Å². The predicted molar refractivity (Wildman–Crippen MR) is 555 cm³/mol. The fourth-order valence-electron chi connectivity index (χ4n) is 18.2. The standard InChI is InChI=1S/C116H112N10O2S2/c1-75-25-37-81(38-26-75)109-91-57-61-95(119-91)111(83-41-29-77(3)30-42-83)99-65-69-103(123-99)115(104-70-66-100(124-104)112(96-62-58-92(109)120-96)84-43-31-78(4)32-44-84)87-49-53-89(54-50-87)117-107(127)23-19-15-11-7-9-13-17-21-73-129-130-74-22-18-14-10-8-12-16-20-24-108(128)118-90-55-51-88(52-56-90)116-105-71-67-101(125-105)113(85-45-33-79(5)34-46-85)97-63-59-93(121-97)110(82-39-27-76(2)28-40-82)94-60-64-98(122-94)114(102-68-72-106(116)126-102)86-47-35-80(6)36-48-86/h25-72,119,121,124,126H,7-24,73-74H2,1-6H3,(H,117,127)(H,118,128). The molecule has 0 fully saturated rings. The second-order valence-corrected chi connectivity index (χ2v) is 38.0. The number of H-pyrrole nitrogens is 4. The number of nitrogens with zero attached hydrogens (tertiary/aromatic N) is 4. The van der Waals surface area contributed by atoms with Gasteiger partial charge in [0.1, 0.15) is 0 Å². The second kappa shape index (κ2) is 40.9. The number of carbonyl (C=O) groups excluding carboxylic acids is 2. The third-order valence-electron chi connectivity index (χ3n) is 25.3. The summed E-state index contributed by atoms with van der Waals surface area (Å²) in [7, 11) is 4.09. The first kappa shape index (κ1) is 87.3. The Labute approximate surface area is 771 Å². The molecule has 0 spiro atoms. The molecule has 0 unspecified atom stereocenters. The minimum atomic E-state index is 0.0474. The highest BCUT2D eigenvalue weighted by molar-refractivity contribution is 8.76. The number of aryl methyl sites for hydroxylation is 6. The van der Waals surface area contributed by atoms with E-state index >= 15 is 0 Å². The predicted octanol–water partition coefficient (Wildman–Crippen LogP) is 31.8. The van der Waals surface area contributed by atoms with E-state index in [-0.39, 0.29) is 11.8 Å². The van der Waals surface area contributed by atoms with E-state index in [0.29, 0.717) is 12.8 Å². The molecule has 4 aliphatic heterocycles. The molecule has 12 nitrogen and oxygen atoms in total. The fourth-order valence-corrected chi connectivity index (χ4v) is 20.5. The first-order valence-electron chi connectivity index (χ1n) is 46.5. The first-order chi connectivity index (χ1) is 63.7. The van der Waals surface area contributed by atoms with Crippen molar-refractivity contribution in [3.05, 3.63) is 322 Å². The number of rotatable bonds is 33. The van der Waals surface area contributed by atoms with Gasteiger partial charge in [-0.25, -0.2) is 19.9 Å². The Kier molecular flexibility index (Phi) is 27.5. The number of amides is 2. The van der Waals surface area contributed by atoms with Crippen LogP contribution in [0.25, 0.3) is 182 Å². The monoisotopic (exact) mass is 1740 g/mol. The van der Waals surface area contributed by atoms with Crippen LogP contribution in [0.5, 0.6) is 0 Å². The summed E-state index contributed by atoms with van der Waals surface area (Å²) in [6, 6.07) is 86.0. The molecule has 6 N–H and O–H groups in total. The van der Waals surface area contributed by atoms with Crippen LogP contribution in [0.3, 0.4) is 0 Å². The molecular formula is C116H112N10O2S2. The Morgan fingerprint density at radius 1 is 0.215 bits per heavy atom. The molecular weight excluding hydrogens is 1630 g/mol. The van der Waals surface area contributed by atoms with Crippen LogP contribution in [0.1, 0.15) is 195 Å². The smallest absolute Gasteiger partial charge is 0.224 e. The maximum Gasteiger partial charge on any atom is 0.224 e. The van der Waals surface area contributed by atoms with Gasteiger partial charge in [-0.1, -0.05) is 302 Å². The molecule has 14 aromatic rings. The van der Waals surface area contributed by atoms with Crippen LogP contribution >= 0.6 is 21.6 Å². The van der Waals surface area contributed by atoms with Gasteiger partial charge in [0.25, 0.3) is 0 Å². The van der Waals surface area contributed by atoms with Crippen molar-refractivity contribution in [2.75, 3.05) is 22.1 Å². The average molecular weight is 1740 g/mol. The van der Waals surface area contributed by atoms with Crippen molar-refractivity contribution in [1.82, 2.24) is 39.9 Å². The number of unbranched alkanes of at least 4 members (excludes halogenated alkanes) is 14. The van der Waals surface area contributed by atoms with Gasteiger partial charge in [-0.05, 0) is 233 Å². The van der Waals surface area contributed by atoms with Gasteiger partial charge < -0.3 is 30.6 Å². The number of hydrogen-bond donors (Lipinski definition) is 6. The highest BCUT2D eigenvalue weighted by Gasteiger charge is 2.24. The maximum atomic E-state index is 13.5. The Morgan fingerprint density at radius 2 is 0.377 bits per heavy atom. The largest absolute Gasteiger partial charge is 0.354 e. The molecule has 0 saturated carbocycles. The first-order valence-corrected chi connectivity index (χ1v) is 49.0. The molecule has 4 aliphatic rings. The third-order valence-corrected chi connectivity index (χ3v) is 27.9. The van der Waals surface area contributed by atoms with E-state index in [1.165, 1.54) is 109 Å². The quantitative estimate of drug-likeness (QED) is 0.0174. The molecule has 0 atom stereocenters. The lowest BCUT2D eigenvalue weighted by Gasteiger charge is -2.09. The molecule has 18 rings (SSSR count). The Hall–Kier alpha value is -13.4. The van der Waals surface area contributed by atoms with Gasteiger partial charge in [0, 0.05) is 124 Å². The lowest BCUT2D eigenvalue weighted by Crippen LogP contribution is -2.10. The van der Waals surface area contributed by atoms with Crippen molar-refractivity contribution in [2.24, 2.45) is 0 Å². The highest BCUT2D eigenvalue weighted by Crippen LogP contribution is 2.44. The average Bonchev–Trinajstić information content (AvgIpc) is 1.62. The lowest BCUT2D eigenvalue weighted by atomic mass is 10.0. The van der Waals surface area contributed by atoms with E-state index < -0.39 is 0 Å². The number of carbonyl (C=O) groups is 2. The van der Waals surface area contributed by atoms with Crippen LogP contribution in [-0.4, -0.2) is 63.2 Å². The molecule has 14 heteroatoms. The highest BCUT2D eigenvalue weighted by atomic mass is 33.1. The van der Waals surface area contributed by atoms with Crippen LogP contribution in [0.4, 0.5) is 11.4 Å². The molecule has 16 bridgehead atoms. The van der Waals surface area contributed by atoms with Gasteiger partial charge >= 0.3 is 0 Å². The molecule has 650 valence electrons. The van der Waals surface area contributed by atoms with Gasteiger partial charge in [-0.15, -0.1) is 0 Å². The number of aromatic amines is 4. The van der Waals surface area contributed by atoms with Crippen LogP contribution in [0, 0.1) is 41.5 Å². The van der Waals surface area contributed by atoms with Gasteiger partial charge in [-0.3, -0.25) is 9.59 Å². The summed E-state index contributed by atoms with van der Waals surface area (Å²) in [5, 5.41) is 6.42. The van der Waals surface area contributed by atoms with Gasteiger partial charge in [0.05, 0.1) is 45.6 Å². The zero-order chi connectivity index (χ0) is 88.8. The Bertz CT molecular complexity index is 6460. The summed E-state index contributed by atoms with van der Waals surface area (Å²) in [5.74, 6) is 2.53. The van der Waals surface area contributed by atoms with E-state index in [9.17, 15) is 9.59 Å². The molecule has 8 aromatic carbocycles.